The molecular weight excluding hydrogens is 366 g/mol. The highest BCUT2D eigenvalue weighted by Crippen LogP contribution is 2.33. The Labute approximate surface area is 170 Å². The van der Waals surface area contributed by atoms with Crippen LogP contribution in [0.5, 0.6) is 0 Å². The number of thiophene rings is 1. The Morgan fingerprint density at radius 1 is 1.18 bits per heavy atom. The summed E-state index contributed by atoms with van der Waals surface area (Å²) in [5, 5.41) is 4.45. The van der Waals surface area contributed by atoms with E-state index >= 15 is 0 Å². The fourth-order valence-electron chi connectivity index (χ4n) is 4.20. The summed E-state index contributed by atoms with van der Waals surface area (Å²) in [6.07, 6.45) is 5.55. The van der Waals surface area contributed by atoms with Crippen molar-refractivity contribution in [3.05, 3.63) is 62.0 Å². The molecule has 28 heavy (non-hydrogen) atoms. The van der Waals surface area contributed by atoms with Gasteiger partial charge in [0.2, 0.25) is 0 Å². The van der Waals surface area contributed by atoms with E-state index < -0.39 is 0 Å². The first-order valence-electron chi connectivity index (χ1n) is 10.4. The largest absolute Gasteiger partial charge is 0.309 e. The number of hydrogen-bond donors (Lipinski definition) is 2. The highest BCUT2D eigenvalue weighted by atomic mass is 32.1. The molecular formula is C23H29N3OS. The van der Waals surface area contributed by atoms with Crippen molar-refractivity contribution in [1.29, 1.82) is 0 Å². The summed E-state index contributed by atoms with van der Waals surface area (Å²) >= 11 is 1.71. The summed E-state index contributed by atoms with van der Waals surface area (Å²) in [5.74, 6) is 1.17. The van der Waals surface area contributed by atoms with E-state index in [1.165, 1.54) is 34.4 Å². The van der Waals surface area contributed by atoms with Crippen LogP contribution in [0, 0.1) is 5.92 Å². The average Bonchev–Trinajstić information content (AvgIpc) is 3.07. The number of benzene rings is 1. The second-order valence-electron chi connectivity index (χ2n) is 8.10. The third kappa shape index (κ3) is 3.78. The van der Waals surface area contributed by atoms with Gasteiger partial charge in [-0.3, -0.25) is 4.79 Å². The van der Waals surface area contributed by atoms with E-state index in [1.54, 1.807) is 11.3 Å². The topological polar surface area (TPSA) is 57.8 Å². The molecule has 2 heterocycles. The Morgan fingerprint density at radius 2 is 1.93 bits per heavy atom. The molecule has 0 aliphatic heterocycles. The molecule has 0 fully saturated rings. The number of nitrogens with one attached hydrogen (secondary N) is 2. The van der Waals surface area contributed by atoms with Crippen molar-refractivity contribution < 1.29 is 0 Å². The van der Waals surface area contributed by atoms with Crippen molar-refractivity contribution in [2.75, 3.05) is 0 Å². The molecule has 2 aromatic heterocycles. The van der Waals surface area contributed by atoms with Gasteiger partial charge >= 0.3 is 0 Å². The molecule has 1 aromatic carbocycles. The first-order chi connectivity index (χ1) is 13.6. The lowest BCUT2D eigenvalue weighted by Crippen LogP contribution is -2.27. The lowest BCUT2D eigenvalue weighted by atomic mass is 9.95. The van der Waals surface area contributed by atoms with Crippen molar-refractivity contribution in [3.8, 4) is 0 Å². The predicted molar refractivity (Wildman–Crippen MR) is 117 cm³/mol. The number of H-pyrrole nitrogens is 1. The maximum atomic E-state index is 12.7. The molecule has 0 spiro atoms. The van der Waals surface area contributed by atoms with E-state index in [0.717, 1.165) is 35.3 Å². The third-order valence-electron chi connectivity index (χ3n) is 5.78. The van der Waals surface area contributed by atoms with Crippen LogP contribution < -0.4 is 10.9 Å². The van der Waals surface area contributed by atoms with Gasteiger partial charge in [-0.1, -0.05) is 45.0 Å². The van der Waals surface area contributed by atoms with Gasteiger partial charge in [0.05, 0.1) is 11.9 Å². The first-order valence-corrected chi connectivity index (χ1v) is 11.2. The predicted octanol–water partition coefficient (Wildman–Crippen LogP) is 4.91. The number of rotatable bonds is 6. The maximum Gasteiger partial charge on any atom is 0.259 e. The van der Waals surface area contributed by atoms with Crippen LogP contribution in [0.25, 0.3) is 10.2 Å². The molecule has 0 unspecified atom stereocenters. The lowest BCUT2D eigenvalue weighted by Gasteiger charge is -2.23. The highest BCUT2D eigenvalue weighted by Gasteiger charge is 2.20. The number of nitrogens with zero attached hydrogens (tertiary/aromatic N) is 1. The first kappa shape index (κ1) is 19.3. The number of fused-ring (bicyclic) bond motifs is 3. The quantitative estimate of drug-likeness (QED) is 0.623. The van der Waals surface area contributed by atoms with Gasteiger partial charge < -0.3 is 10.3 Å². The molecule has 1 aliphatic rings. The molecule has 0 saturated heterocycles. The van der Waals surface area contributed by atoms with E-state index in [1.807, 2.05) is 0 Å². The fraction of sp³-hybridized carbons (Fsp3) is 0.478. The van der Waals surface area contributed by atoms with E-state index in [4.69, 9.17) is 4.98 Å². The van der Waals surface area contributed by atoms with Crippen LogP contribution in [-0.4, -0.2) is 9.97 Å². The van der Waals surface area contributed by atoms with E-state index in [0.29, 0.717) is 12.5 Å². The lowest BCUT2D eigenvalue weighted by molar-refractivity contribution is 0.406. The summed E-state index contributed by atoms with van der Waals surface area (Å²) in [4.78, 5) is 22.8. The molecule has 4 nitrogen and oxygen atoms in total. The molecule has 0 radical (unpaired) electrons. The minimum Gasteiger partial charge on any atom is -0.309 e. The molecule has 148 valence electrons. The van der Waals surface area contributed by atoms with Gasteiger partial charge in [-0.15, -0.1) is 11.3 Å². The van der Waals surface area contributed by atoms with Crippen LogP contribution in [0.3, 0.4) is 0 Å². The number of aromatic amines is 1. The van der Waals surface area contributed by atoms with Crippen LogP contribution in [0.1, 0.15) is 67.0 Å². The summed E-state index contributed by atoms with van der Waals surface area (Å²) in [6.45, 7) is 7.18. The number of hydrogen-bond acceptors (Lipinski definition) is 4. The van der Waals surface area contributed by atoms with Crippen LogP contribution in [-0.2, 0) is 25.8 Å². The molecule has 1 aliphatic carbocycles. The molecule has 5 heteroatoms. The molecule has 1 atom stereocenters. The van der Waals surface area contributed by atoms with Crippen LogP contribution >= 0.6 is 11.3 Å². The van der Waals surface area contributed by atoms with E-state index in [-0.39, 0.29) is 11.6 Å². The zero-order chi connectivity index (χ0) is 19.7. The van der Waals surface area contributed by atoms with Gasteiger partial charge in [0.25, 0.3) is 5.56 Å². The Kier molecular flexibility index (Phi) is 5.65. The zero-order valence-electron chi connectivity index (χ0n) is 17.0. The number of aromatic nitrogens is 2. The monoisotopic (exact) mass is 395 g/mol. The Bertz CT molecular complexity index is 1020. The highest BCUT2D eigenvalue weighted by molar-refractivity contribution is 7.18. The maximum absolute atomic E-state index is 12.7. The van der Waals surface area contributed by atoms with Gasteiger partial charge in [-0.05, 0) is 54.7 Å². The van der Waals surface area contributed by atoms with Crippen molar-refractivity contribution in [2.45, 2.75) is 65.5 Å². The number of aryl methyl sites for hydroxylation is 3. The molecule has 0 saturated carbocycles. The molecule has 0 bridgehead atoms. The Morgan fingerprint density at radius 3 is 2.64 bits per heavy atom. The zero-order valence-corrected chi connectivity index (χ0v) is 17.8. The van der Waals surface area contributed by atoms with Gasteiger partial charge in [0.15, 0.2) is 0 Å². The second-order valence-corrected chi connectivity index (χ2v) is 9.19. The van der Waals surface area contributed by atoms with E-state index in [9.17, 15) is 4.79 Å². The summed E-state index contributed by atoms with van der Waals surface area (Å²) in [6, 6.07) is 9.05. The minimum absolute atomic E-state index is 0.0228. The second kappa shape index (κ2) is 8.18. The van der Waals surface area contributed by atoms with Crippen molar-refractivity contribution >= 4 is 21.6 Å². The Hall–Kier alpha value is -1.98. The molecule has 3 aromatic rings. The summed E-state index contributed by atoms with van der Waals surface area (Å²) < 4.78 is 0. The van der Waals surface area contributed by atoms with Crippen molar-refractivity contribution in [3.63, 3.8) is 0 Å². The summed E-state index contributed by atoms with van der Waals surface area (Å²) in [7, 11) is 0. The normalized spacial score (nSPS) is 15.1. The van der Waals surface area contributed by atoms with Gasteiger partial charge in [-0.25, -0.2) is 4.98 Å². The molecule has 0 amide bonds. The van der Waals surface area contributed by atoms with Crippen molar-refractivity contribution in [2.24, 2.45) is 5.92 Å². The van der Waals surface area contributed by atoms with E-state index in [2.05, 4.69) is 55.3 Å². The Balaban J connectivity index is 1.57. The van der Waals surface area contributed by atoms with Crippen LogP contribution in [0.4, 0.5) is 0 Å². The smallest absolute Gasteiger partial charge is 0.259 e. The van der Waals surface area contributed by atoms with Gasteiger partial charge in [0.1, 0.15) is 10.7 Å². The minimum atomic E-state index is 0.0228. The standard InChI is InChI=1S/C23H29N3OS/c1-4-15-9-11-16(12-10-15)21(14(2)3)24-13-19-25-22(27)20-17-7-5-6-8-18(17)28-23(20)26-19/h9-12,14,21,24H,4-8,13H2,1-3H3,(H,25,26,27)/t21-/m0/s1. The van der Waals surface area contributed by atoms with Gasteiger partial charge in [0, 0.05) is 10.9 Å². The van der Waals surface area contributed by atoms with Crippen molar-refractivity contribution in [1.82, 2.24) is 15.3 Å². The third-order valence-corrected chi connectivity index (χ3v) is 6.96. The molecule has 2 N–H and O–H groups in total. The SMILES string of the molecule is CCc1ccc([C@@H](NCc2nc3sc4c(c3c(=O)[nH]2)CCCC4)C(C)C)cc1. The van der Waals surface area contributed by atoms with Crippen LogP contribution in [0.2, 0.25) is 0 Å². The average molecular weight is 396 g/mol. The fourth-order valence-corrected chi connectivity index (χ4v) is 5.48. The van der Waals surface area contributed by atoms with Crippen LogP contribution in [0.15, 0.2) is 29.1 Å². The van der Waals surface area contributed by atoms with Gasteiger partial charge in [-0.2, -0.15) is 0 Å². The summed E-state index contributed by atoms with van der Waals surface area (Å²) in [5.41, 5.74) is 3.90. The molecule has 4 rings (SSSR count).